The monoisotopic (exact) mass is 824 g/mol. The standard InChI is InChI=1S/C63H40N2/c1-3-22-44-41(18-1)20-15-29-46(44)47-24-5-6-25-48(47)51-27-8-12-34-59(51)64(58-37-16-21-42-19-2-4-23-45(42)58)43-38-39-50-49-26-7-10-31-54(49)63(57(50)40-43)55-32-11-14-36-61(55)65-60-35-13-9-28-52(60)53-30-17-33-56(63)62(53)65/h1-40H. The van der Waals surface area contributed by atoms with Gasteiger partial charge in [0.15, 0.2) is 0 Å². The van der Waals surface area contributed by atoms with Crippen molar-refractivity contribution in [1.82, 2.24) is 4.57 Å². The number of hydrogen-bond donors (Lipinski definition) is 0. The van der Waals surface area contributed by atoms with Crippen LogP contribution >= 0.6 is 0 Å². The van der Waals surface area contributed by atoms with Crippen LogP contribution in [-0.4, -0.2) is 4.57 Å². The summed E-state index contributed by atoms with van der Waals surface area (Å²) >= 11 is 0. The highest BCUT2D eigenvalue weighted by Gasteiger charge is 2.51. The molecular weight excluding hydrogens is 785 g/mol. The van der Waals surface area contributed by atoms with Crippen LogP contribution < -0.4 is 4.90 Å². The molecule has 0 bridgehead atoms. The molecule has 11 aromatic carbocycles. The van der Waals surface area contributed by atoms with Gasteiger partial charge in [-0.05, 0) is 103 Å². The van der Waals surface area contributed by atoms with Gasteiger partial charge >= 0.3 is 0 Å². The molecule has 0 amide bonds. The third-order valence-corrected chi connectivity index (χ3v) is 14.4. The average molecular weight is 825 g/mol. The topological polar surface area (TPSA) is 8.17 Å². The van der Waals surface area contributed by atoms with Crippen molar-refractivity contribution < 1.29 is 0 Å². The lowest BCUT2D eigenvalue weighted by Gasteiger charge is -2.40. The van der Waals surface area contributed by atoms with Crippen LogP contribution in [0.2, 0.25) is 0 Å². The number of hydrogen-bond acceptors (Lipinski definition) is 1. The molecule has 0 radical (unpaired) electrons. The molecule has 302 valence electrons. The third kappa shape index (κ3) is 4.94. The first-order valence-electron chi connectivity index (χ1n) is 22.6. The fourth-order valence-corrected chi connectivity index (χ4v) is 11.8. The largest absolute Gasteiger partial charge is 0.309 e. The zero-order valence-electron chi connectivity index (χ0n) is 35.5. The quantitative estimate of drug-likeness (QED) is 0.168. The minimum atomic E-state index is -0.576. The van der Waals surface area contributed by atoms with Gasteiger partial charge < -0.3 is 9.47 Å². The van der Waals surface area contributed by atoms with Gasteiger partial charge in [-0.15, -0.1) is 0 Å². The molecule has 2 heterocycles. The summed E-state index contributed by atoms with van der Waals surface area (Å²) < 4.78 is 2.52. The lowest BCUT2D eigenvalue weighted by Crippen LogP contribution is -2.33. The first-order chi connectivity index (χ1) is 32.3. The Balaban J connectivity index is 1.07. The van der Waals surface area contributed by atoms with Crippen LogP contribution in [-0.2, 0) is 5.41 Å². The lowest BCUT2D eigenvalue weighted by molar-refractivity contribution is 0.748. The Labute approximate surface area is 377 Å². The predicted molar refractivity (Wildman–Crippen MR) is 272 cm³/mol. The molecule has 12 aromatic rings. The van der Waals surface area contributed by atoms with Crippen LogP contribution in [0.15, 0.2) is 243 Å². The molecule has 2 nitrogen and oxygen atoms in total. The molecule has 1 aromatic heterocycles. The molecule has 2 aliphatic rings. The van der Waals surface area contributed by atoms with Crippen molar-refractivity contribution in [3.63, 3.8) is 0 Å². The second-order valence-corrected chi connectivity index (χ2v) is 17.5. The number of anilines is 3. The van der Waals surface area contributed by atoms with Gasteiger partial charge in [0.1, 0.15) is 0 Å². The highest BCUT2D eigenvalue weighted by Crippen LogP contribution is 2.62. The molecular formula is C63H40N2. The average Bonchev–Trinajstić information content (AvgIpc) is 3.87. The molecule has 1 atom stereocenters. The summed E-state index contributed by atoms with van der Waals surface area (Å²) in [5.41, 5.74) is 19.1. The fourth-order valence-electron chi connectivity index (χ4n) is 11.8. The predicted octanol–water partition coefficient (Wildman–Crippen LogP) is 16.6. The van der Waals surface area contributed by atoms with Crippen LogP contribution in [0, 0.1) is 0 Å². The highest BCUT2D eigenvalue weighted by molar-refractivity contribution is 6.13. The smallest absolute Gasteiger partial charge is 0.0755 e. The summed E-state index contributed by atoms with van der Waals surface area (Å²) in [7, 11) is 0. The number of benzene rings is 11. The number of rotatable bonds is 5. The summed E-state index contributed by atoms with van der Waals surface area (Å²) in [5.74, 6) is 0. The van der Waals surface area contributed by atoms with E-state index in [-0.39, 0.29) is 0 Å². The summed E-state index contributed by atoms with van der Waals surface area (Å²) in [6, 6.07) is 90.3. The number of nitrogens with zero attached hydrogens (tertiary/aromatic N) is 2. The Hall–Kier alpha value is -8.46. The molecule has 65 heavy (non-hydrogen) atoms. The molecule has 1 aliphatic carbocycles. The maximum absolute atomic E-state index is 2.53. The van der Waals surface area contributed by atoms with E-state index >= 15 is 0 Å². The lowest BCUT2D eigenvalue weighted by atomic mass is 9.65. The van der Waals surface area contributed by atoms with Gasteiger partial charge in [0, 0.05) is 27.4 Å². The molecule has 0 fully saturated rings. The maximum atomic E-state index is 2.53. The number of para-hydroxylation sites is 4. The molecule has 2 heteroatoms. The van der Waals surface area contributed by atoms with E-state index in [9.17, 15) is 0 Å². The SMILES string of the molecule is c1ccc(-c2cccc3ccccc23)c(-c2ccccc2N(c2ccc3c(c2)C2(c4ccccc4-3)c3ccccc3-n3c4ccccc4c4cccc2c43)c2cccc3ccccc23)c1. The first kappa shape index (κ1) is 36.1. The summed E-state index contributed by atoms with van der Waals surface area (Å²) in [4.78, 5) is 2.53. The van der Waals surface area contributed by atoms with E-state index < -0.39 is 5.41 Å². The van der Waals surface area contributed by atoms with Crippen LogP contribution in [0.3, 0.4) is 0 Å². The summed E-state index contributed by atoms with van der Waals surface area (Å²) in [6.45, 7) is 0. The maximum Gasteiger partial charge on any atom is 0.0755 e. The van der Waals surface area contributed by atoms with E-state index in [0.717, 1.165) is 17.1 Å². The molecule has 1 spiro atoms. The van der Waals surface area contributed by atoms with Crippen molar-refractivity contribution in [3.05, 3.63) is 265 Å². The van der Waals surface area contributed by atoms with Crippen LogP contribution in [0.1, 0.15) is 22.3 Å². The minimum Gasteiger partial charge on any atom is -0.309 e. The van der Waals surface area contributed by atoms with Gasteiger partial charge in [-0.1, -0.05) is 206 Å². The highest BCUT2D eigenvalue weighted by atomic mass is 15.1. The minimum absolute atomic E-state index is 0.576. The second kappa shape index (κ2) is 13.8. The second-order valence-electron chi connectivity index (χ2n) is 17.5. The van der Waals surface area contributed by atoms with Gasteiger partial charge in [0.2, 0.25) is 0 Å². The van der Waals surface area contributed by atoms with Crippen LogP contribution in [0.5, 0.6) is 0 Å². The van der Waals surface area contributed by atoms with E-state index in [1.807, 2.05) is 0 Å². The Kier molecular flexibility index (Phi) is 7.64. The van der Waals surface area contributed by atoms with E-state index in [4.69, 9.17) is 0 Å². The van der Waals surface area contributed by atoms with E-state index in [1.54, 1.807) is 0 Å². The molecule has 0 saturated heterocycles. The molecule has 1 aliphatic heterocycles. The van der Waals surface area contributed by atoms with Crippen LogP contribution in [0.4, 0.5) is 17.1 Å². The Bertz CT molecular complexity index is 3920. The molecule has 14 rings (SSSR count). The summed E-state index contributed by atoms with van der Waals surface area (Å²) in [5, 5.41) is 7.44. The first-order valence-corrected chi connectivity index (χ1v) is 22.6. The normalized spacial score (nSPS) is 14.5. The van der Waals surface area contributed by atoms with Gasteiger partial charge in [0.25, 0.3) is 0 Å². The Morgan fingerprint density at radius 3 is 1.68 bits per heavy atom. The zero-order valence-corrected chi connectivity index (χ0v) is 35.5. The van der Waals surface area contributed by atoms with Crippen molar-refractivity contribution in [2.45, 2.75) is 5.41 Å². The fraction of sp³-hybridized carbons (Fsp3) is 0.0159. The summed E-state index contributed by atoms with van der Waals surface area (Å²) in [6.07, 6.45) is 0. The molecule has 1 unspecified atom stereocenters. The van der Waals surface area contributed by atoms with Crippen molar-refractivity contribution in [3.8, 4) is 39.1 Å². The van der Waals surface area contributed by atoms with Gasteiger partial charge in [-0.2, -0.15) is 0 Å². The number of fused-ring (bicyclic) bond motifs is 14. The molecule has 0 N–H and O–H groups in total. The third-order valence-electron chi connectivity index (χ3n) is 14.4. The van der Waals surface area contributed by atoms with E-state index in [1.165, 1.54) is 105 Å². The Morgan fingerprint density at radius 1 is 0.308 bits per heavy atom. The van der Waals surface area contributed by atoms with Crippen molar-refractivity contribution >= 4 is 60.4 Å². The van der Waals surface area contributed by atoms with Gasteiger partial charge in [0.05, 0.1) is 33.5 Å². The number of aromatic nitrogens is 1. The van der Waals surface area contributed by atoms with Crippen LogP contribution in [0.25, 0.3) is 82.4 Å². The van der Waals surface area contributed by atoms with Crippen molar-refractivity contribution in [1.29, 1.82) is 0 Å². The zero-order chi connectivity index (χ0) is 42.6. The Morgan fingerprint density at radius 2 is 0.831 bits per heavy atom. The van der Waals surface area contributed by atoms with Gasteiger partial charge in [-0.25, -0.2) is 0 Å². The van der Waals surface area contributed by atoms with E-state index in [0.29, 0.717) is 0 Å². The van der Waals surface area contributed by atoms with Crippen molar-refractivity contribution in [2.24, 2.45) is 0 Å². The molecule has 0 saturated carbocycles. The van der Waals surface area contributed by atoms with Gasteiger partial charge in [-0.3, -0.25) is 0 Å². The van der Waals surface area contributed by atoms with E-state index in [2.05, 4.69) is 252 Å². The van der Waals surface area contributed by atoms with Crippen molar-refractivity contribution in [2.75, 3.05) is 4.90 Å².